The quantitative estimate of drug-likeness (QED) is 0.499. The van der Waals surface area contributed by atoms with Gasteiger partial charge in [-0.3, -0.25) is 0 Å². The summed E-state index contributed by atoms with van der Waals surface area (Å²) in [5, 5.41) is 0. The summed E-state index contributed by atoms with van der Waals surface area (Å²) < 4.78 is 5.48. The van der Waals surface area contributed by atoms with Crippen LogP contribution in [0.25, 0.3) is 0 Å². The molecule has 0 aliphatic carbocycles. The maximum atomic E-state index is 6.07. The van der Waals surface area contributed by atoms with Gasteiger partial charge in [-0.05, 0) is 31.3 Å². The summed E-state index contributed by atoms with van der Waals surface area (Å²) >= 11 is 0. The predicted octanol–water partition coefficient (Wildman–Crippen LogP) is 3.85. The zero-order valence-corrected chi connectivity index (χ0v) is 12.4. The van der Waals surface area contributed by atoms with Crippen LogP contribution in [-0.2, 0) is 4.74 Å². The van der Waals surface area contributed by atoms with Crippen LogP contribution in [0.15, 0.2) is 36.0 Å². The normalized spacial score (nSPS) is 15.1. The molecule has 0 radical (unpaired) electrons. The molecule has 0 aromatic carbocycles. The van der Waals surface area contributed by atoms with E-state index in [2.05, 4.69) is 45.1 Å². The van der Waals surface area contributed by atoms with Crippen LogP contribution in [0.2, 0.25) is 0 Å². The first-order chi connectivity index (χ1) is 8.60. The Morgan fingerprint density at radius 3 is 2.61 bits per heavy atom. The minimum atomic E-state index is 0.0740. The number of hydrogen-bond acceptors (Lipinski definition) is 2. The van der Waals surface area contributed by atoms with Gasteiger partial charge in [-0.2, -0.15) is 0 Å². The standard InChI is InChI=1S/C16H29NO/c1-5-7-8-15(10-9-14(3)4)12-16(17)13-18-11-6-2/h5,7-10,14,16H,6,11-13,17H2,1-4H3/b7-5-,10-9-,15-8+. The van der Waals surface area contributed by atoms with Crippen molar-refractivity contribution < 1.29 is 4.74 Å². The van der Waals surface area contributed by atoms with Crippen LogP contribution in [0.4, 0.5) is 0 Å². The first-order valence-electron chi connectivity index (χ1n) is 6.93. The molecule has 0 amide bonds. The van der Waals surface area contributed by atoms with Gasteiger partial charge in [0.05, 0.1) is 6.61 Å². The zero-order chi connectivity index (χ0) is 13.8. The summed E-state index contributed by atoms with van der Waals surface area (Å²) in [6, 6.07) is 0.0740. The van der Waals surface area contributed by atoms with Crippen LogP contribution >= 0.6 is 0 Å². The molecule has 1 unspecified atom stereocenters. The summed E-state index contributed by atoms with van der Waals surface area (Å²) in [4.78, 5) is 0. The second-order valence-electron chi connectivity index (χ2n) is 4.91. The summed E-state index contributed by atoms with van der Waals surface area (Å²) in [6.07, 6.45) is 12.5. The van der Waals surface area contributed by atoms with Gasteiger partial charge in [-0.25, -0.2) is 0 Å². The van der Waals surface area contributed by atoms with Crippen LogP contribution < -0.4 is 5.73 Å². The number of hydrogen-bond donors (Lipinski definition) is 1. The van der Waals surface area contributed by atoms with E-state index in [1.165, 1.54) is 5.57 Å². The van der Waals surface area contributed by atoms with E-state index in [-0.39, 0.29) is 6.04 Å². The Morgan fingerprint density at radius 2 is 2.06 bits per heavy atom. The summed E-state index contributed by atoms with van der Waals surface area (Å²) in [6.45, 7) is 9.90. The molecule has 0 saturated carbocycles. The van der Waals surface area contributed by atoms with Crippen molar-refractivity contribution in [3.63, 3.8) is 0 Å². The van der Waals surface area contributed by atoms with Crippen LogP contribution in [-0.4, -0.2) is 19.3 Å². The van der Waals surface area contributed by atoms with Gasteiger partial charge in [0.2, 0.25) is 0 Å². The number of allylic oxidation sites excluding steroid dienone is 5. The van der Waals surface area contributed by atoms with Crippen molar-refractivity contribution in [1.82, 2.24) is 0 Å². The van der Waals surface area contributed by atoms with Gasteiger partial charge < -0.3 is 10.5 Å². The van der Waals surface area contributed by atoms with Gasteiger partial charge in [0.15, 0.2) is 0 Å². The molecule has 0 aliphatic rings. The molecule has 0 rings (SSSR count). The Kier molecular flexibility index (Phi) is 10.7. The third kappa shape index (κ3) is 10.3. The van der Waals surface area contributed by atoms with Crippen molar-refractivity contribution in [2.24, 2.45) is 11.7 Å². The highest BCUT2D eigenvalue weighted by Gasteiger charge is 2.04. The molecule has 0 aromatic rings. The Bertz CT molecular complexity index is 277. The predicted molar refractivity (Wildman–Crippen MR) is 80.6 cm³/mol. The highest BCUT2D eigenvalue weighted by molar-refractivity contribution is 5.24. The minimum absolute atomic E-state index is 0.0740. The summed E-state index contributed by atoms with van der Waals surface area (Å²) in [5.74, 6) is 0.562. The highest BCUT2D eigenvalue weighted by atomic mass is 16.5. The van der Waals surface area contributed by atoms with Crippen molar-refractivity contribution in [3.8, 4) is 0 Å². The SMILES string of the molecule is C\C=C/C=C(\C=C/C(C)C)CC(N)COCCC. The molecule has 0 aliphatic heterocycles. The van der Waals surface area contributed by atoms with Gasteiger partial charge in [-0.1, -0.05) is 51.2 Å². The fourth-order valence-electron chi connectivity index (χ4n) is 1.47. The maximum Gasteiger partial charge on any atom is 0.0620 e. The molecule has 2 N–H and O–H groups in total. The molecule has 0 fully saturated rings. The molecule has 104 valence electrons. The second-order valence-corrected chi connectivity index (χ2v) is 4.91. The number of rotatable bonds is 9. The highest BCUT2D eigenvalue weighted by Crippen LogP contribution is 2.09. The molecular weight excluding hydrogens is 222 g/mol. The van der Waals surface area contributed by atoms with E-state index in [4.69, 9.17) is 10.5 Å². The first kappa shape index (κ1) is 17.1. The summed E-state index contributed by atoms with van der Waals surface area (Å²) in [5.41, 5.74) is 7.33. The molecule has 0 bridgehead atoms. The Balaban J connectivity index is 4.31. The molecule has 2 heteroatoms. The lowest BCUT2D eigenvalue weighted by molar-refractivity contribution is 0.121. The lowest BCUT2D eigenvalue weighted by atomic mass is 10.0. The molecule has 18 heavy (non-hydrogen) atoms. The van der Waals surface area contributed by atoms with Crippen LogP contribution in [0, 0.1) is 5.92 Å². The summed E-state index contributed by atoms with van der Waals surface area (Å²) in [7, 11) is 0. The van der Waals surface area contributed by atoms with Gasteiger partial charge in [0.1, 0.15) is 0 Å². The lowest BCUT2D eigenvalue weighted by Gasteiger charge is -2.12. The Hall–Kier alpha value is -0.860. The molecule has 0 saturated heterocycles. The third-order valence-electron chi connectivity index (χ3n) is 2.38. The molecular formula is C16H29NO. The average molecular weight is 251 g/mol. The molecule has 0 spiro atoms. The monoisotopic (exact) mass is 251 g/mol. The smallest absolute Gasteiger partial charge is 0.0620 e. The van der Waals surface area contributed by atoms with E-state index in [9.17, 15) is 0 Å². The third-order valence-corrected chi connectivity index (χ3v) is 2.38. The van der Waals surface area contributed by atoms with Crippen molar-refractivity contribution >= 4 is 0 Å². The van der Waals surface area contributed by atoms with E-state index >= 15 is 0 Å². The fraction of sp³-hybridized carbons (Fsp3) is 0.625. The van der Waals surface area contributed by atoms with E-state index < -0.39 is 0 Å². The molecule has 1 atom stereocenters. The van der Waals surface area contributed by atoms with E-state index in [1.54, 1.807) is 0 Å². The van der Waals surface area contributed by atoms with E-state index in [0.29, 0.717) is 12.5 Å². The molecule has 0 heterocycles. The Labute approximate surface area is 113 Å². The van der Waals surface area contributed by atoms with Gasteiger partial charge >= 0.3 is 0 Å². The maximum absolute atomic E-state index is 6.07. The zero-order valence-electron chi connectivity index (χ0n) is 12.4. The first-order valence-corrected chi connectivity index (χ1v) is 6.93. The van der Waals surface area contributed by atoms with Crippen LogP contribution in [0.5, 0.6) is 0 Å². The average Bonchev–Trinajstić information content (AvgIpc) is 2.32. The van der Waals surface area contributed by atoms with Crippen LogP contribution in [0.1, 0.15) is 40.5 Å². The number of ether oxygens (including phenoxy) is 1. The van der Waals surface area contributed by atoms with Gasteiger partial charge in [0.25, 0.3) is 0 Å². The number of nitrogens with two attached hydrogens (primary N) is 1. The van der Waals surface area contributed by atoms with Crippen molar-refractivity contribution in [3.05, 3.63) is 36.0 Å². The molecule has 0 aromatic heterocycles. The second kappa shape index (κ2) is 11.2. The van der Waals surface area contributed by atoms with Crippen molar-refractivity contribution in [2.45, 2.75) is 46.6 Å². The van der Waals surface area contributed by atoms with Crippen molar-refractivity contribution in [2.75, 3.05) is 13.2 Å². The lowest BCUT2D eigenvalue weighted by Crippen LogP contribution is -2.26. The van der Waals surface area contributed by atoms with Gasteiger partial charge in [-0.15, -0.1) is 0 Å². The van der Waals surface area contributed by atoms with E-state index in [1.807, 2.05) is 13.0 Å². The fourth-order valence-corrected chi connectivity index (χ4v) is 1.47. The minimum Gasteiger partial charge on any atom is -0.380 e. The molecule has 2 nitrogen and oxygen atoms in total. The topological polar surface area (TPSA) is 35.2 Å². The van der Waals surface area contributed by atoms with Crippen molar-refractivity contribution in [1.29, 1.82) is 0 Å². The largest absolute Gasteiger partial charge is 0.380 e. The van der Waals surface area contributed by atoms with E-state index in [0.717, 1.165) is 19.4 Å². The van der Waals surface area contributed by atoms with Crippen LogP contribution in [0.3, 0.4) is 0 Å². The van der Waals surface area contributed by atoms with Gasteiger partial charge in [0, 0.05) is 12.6 Å². The Morgan fingerprint density at radius 1 is 1.33 bits per heavy atom.